The van der Waals surface area contributed by atoms with Crippen molar-refractivity contribution in [2.24, 2.45) is 0 Å². The Labute approximate surface area is 125 Å². The highest BCUT2D eigenvalue weighted by molar-refractivity contribution is 5.85. The van der Waals surface area contributed by atoms with E-state index in [1.54, 1.807) is 19.1 Å². The second kappa shape index (κ2) is 7.36. The lowest BCUT2D eigenvalue weighted by atomic mass is 10.1. The van der Waals surface area contributed by atoms with Gasteiger partial charge in [-0.05, 0) is 26.1 Å². The number of rotatable bonds is 5. The number of nitrogens with one attached hydrogen (secondary N) is 1. The Morgan fingerprint density at radius 2 is 1.95 bits per heavy atom. The lowest BCUT2D eigenvalue weighted by molar-refractivity contribution is -0.141. The number of carbonyl (C=O) groups is 1. The summed E-state index contributed by atoms with van der Waals surface area (Å²) in [5.74, 6) is 1.56. The van der Waals surface area contributed by atoms with Crippen molar-refractivity contribution in [2.75, 3.05) is 27.2 Å². The summed E-state index contributed by atoms with van der Waals surface area (Å²) in [6.07, 6.45) is 0.0457. The molecule has 1 aliphatic rings. The summed E-state index contributed by atoms with van der Waals surface area (Å²) in [7, 11) is 3.40. The third-order valence-electron chi connectivity index (χ3n) is 3.33. The second-order valence-corrected chi connectivity index (χ2v) is 4.64. The summed E-state index contributed by atoms with van der Waals surface area (Å²) >= 11 is 0. The van der Waals surface area contributed by atoms with Gasteiger partial charge < -0.3 is 19.7 Å². The van der Waals surface area contributed by atoms with Crippen LogP contribution in [0.4, 0.5) is 0 Å². The molecule has 0 aromatic heterocycles. The van der Waals surface area contributed by atoms with Gasteiger partial charge in [-0.15, -0.1) is 12.4 Å². The Kier molecular flexibility index (Phi) is 6.10. The highest BCUT2D eigenvalue weighted by atomic mass is 35.5. The molecule has 2 rings (SSSR count). The molecular weight excluding hydrogens is 280 g/mol. The van der Waals surface area contributed by atoms with Crippen molar-refractivity contribution >= 4 is 18.3 Å². The molecule has 1 N–H and O–H groups in total. The first kappa shape index (κ1) is 16.6. The third kappa shape index (κ3) is 3.55. The number of para-hydroxylation sites is 2. The summed E-state index contributed by atoms with van der Waals surface area (Å²) in [6.45, 7) is 3.11. The van der Waals surface area contributed by atoms with E-state index >= 15 is 0 Å². The van der Waals surface area contributed by atoms with Crippen molar-refractivity contribution in [1.29, 1.82) is 0 Å². The molecule has 20 heavy (non-hydrogen) atoms. The van der Waals surface area contributed by atoms with Crippen LogP contribution in [-0.2, 0) is 4.79 Å². The summed E-state index contributed by atoms with van der Waals surface area (Å²) in [6, 6.07) is 7.39. The van der Waals surface area contributed by atoms with E-state index < -0.39 is 0 Å². The van der Waals surface area contributed by atoms with Crippen molar-refractivity contribution < 1.29 is 14.3 Å². The van der Waals surface area contributed by atoms with Crippen molar-refractivity contribution in [1.82, 2.24) is 10.2 Å². The number of halogens is 1. The number of carbonyl (C=O) groups excluding carboxylic acids is 1. The van der Waals surface area contributed by atoms with E-state index in [9.17, 15) is 4.79 Å². The van der Waals surface area contributed by atoms with Crippen LogP contribution in [0.15, 0.2) is 24.3 Å². The van der Waals surface area contributed by atoms with Gasteiger partial charge >= 0.3 is 0 Å². The molecule has 1 saturated heterocycles. The predicted molar refractivity (Wildman–Crippen MR) is 79.8 cm³/mol. The van der Waals surface area contributed by atoms with Gasteiger partial charge in [0.05, 0.1) is 26.2 Å². The molecule has 112 valence electrons. The Bertz CT molecular complexity index is 450. The van der Waals surface area contributed by atoms with E-state index in [0.29, 0.717) is 13.1 Å². The molecule has 1 aromatic rings. The lowest BCUT2D eigenvalue weighted by Gasteiger charge is -2.40. The Balaban J connectivity index is 0.00000200. The summed E-state index contributed by atoms with van der Waals surface area (Å²) in [5, 5.41) is 2.94. The smallest absolute Gasteiger partial charge is 0.239 e. The molecule has 1 amide bonds. The van der Waals surface area contributed by atoms with E-state index in [1.165, 1.54) is 0 Å². The molecule has 1 fully saturated rings. The predicted octanol–water partition coefficient (Wildman–Crippen LogP) is 1.31. The van der Waals surface area contributed by atoms with Crippen LogP contribution >= 0.6 is 12.4 Å². The number of benzene rings is 1. The quantitative estimate of drug-likeness (QED) is 0.891. The normalized spacial score (nSPS) is 15.8. The van der Waals surface area contributed by atoms with Gasteiger partial charge in [-0.3, -0.25) is 4.79 Å². The second-order valence-electron chi connectivity index (χ2n) is 4.64. The summed E-state index contributed by atoms with van der Waals surface area (Å²) < 4.78 is 11.1. The standard InChI is InChI=1S/C14H20N2O3.ClH/c1-10(15-2)14(17)16-8-11(9-16)19-13-7-5-4-6-12(13)18-3;/h4-7,10-11,15H,8-9H2,1-3H3;1H/t10-;/m0./s1. The highest BCUT2D eigenvalue weighted by Gasteiger charge is 2.34. The van der Waals surface area contributed by atoms with Crippen molar-refractivity contribution in [3.8, 4) is 11.5 Å². The van der Waals surface area contributed by atoms with Crippen LogP contribution in [0.1, 0.15) is 6.92 Å². The maximum atomic E-state index is 11.9. The molecule has 0 bridgehead atoms. The molecule has 1 atom stereocenters. The minimum atomic E-state index is -0.146. The van der Waals surface area contributed by atoms with E-state index in [4.69, 9.17) is 9.47 Å². The van der Waals surface area contributed by atoms with Gasteiger partial charge in [0, 0.05) is 0 Å². The van der Waals surface area contributed by atoms with Gasteiger partial charge in [0.25, 0.3) is 0 Å². The molecule has 0 unspecified atom stereocenters. The van der Waals surface area contributed by atoms with Gasteiger partial charge in [-0.2, -0.15) is 0 Å². The number of nitrogens with zero attached hydrogens (tertiary/aromatic N) is 1. The first-order valence-electron chi connectivity index (χ1n) is 6.41. The van der Waals surface area contributed by atoms with Gasteiger partial charge in [0.1, 0.15) is 6.10 Å². The molecule has 6 heteroatoms. The molecule has 0 radical (unpaired) electrons. The summed E-state index contributed by atoms with van der Waals surface area (Å²) in [5.41, 5.74) is 0. The lowest BCUT2D eigenvalue weighted by Crippen LogP contribution is -2.59. The fraction of sp³-hybridized carbons (Fsp3) is 0.500. The van der Waals surface area contributed by atoms with Crippen LogP contribution in [0.3, 0.4) is 0 Å². The fourth-order valence-electron chi connectivity index (χ4n) is 1.99. The molecular formula is C14H21ClN2O3. The van der Waals surface area contributed by atoms with Crippen molar-refractivity contribution in [3.05, 3.63) is 24.3 Å². The number of likely N-dealkylation sites (tertiary alicyclic amines) is 1. The van der Waals surface area contributed by atoms with Crippen molar-refractivity contribution in [3.63, 3.8) is 0 Å². The van der Waals surface area contributed by atoms with Crippen LogP contribution in [0, 0.1) is 0 Å². The zero-order valence-electron chi connectivity index (χ0n) is 12.0. The number of hydrogen-bond donors (Lipinski definition) is 1. The molecule has 0 spiro atoms. The van der Waals surface area contributed by atoms with Crippen LogP contribution in [0.5, 0.6) is 11.5 Å². The van der Waals surface area contributed by atoms with Crippen LogP contribution in [0.25, 0.3) is 0 Å². The van der Waals surface area contributed by atoms with E-state index in [-0.39, 0.29) is 30.5 Å². The maximum absolute atomic E-state index is 11.9. The Morgan fingerprint density at radius 1 is 1.35 bits per heavy atom. The van der Waals surface area contributed by atoms with Crippen molar-refractivity contribution in [2.45, 2.75) is 19.1 Å². The Morgan fingerprint density at radius 3 is 2.50 bits per heavy atom. The first-order chi connectivity index (χ1) is 9.15. The van der Waals surface area contributed by atoms with E-state index in [1.807, 2.05) is 31.2 Å². The molecule has 5 nitrogen and oxygen atoms in total. The number of methoxy groups -OCH3 is 1. The number of hydrogen-bond acceptors (Lipinski definition) is 4. The molecule has 0 saturated carbocycles. The van der Waals surface area contributed by atoms with E-state index in [0.717, 1.165) is 11.5 Å². The molecule has 0 aliphatic carbocycles. The first-order valence-corrected chi connectivity index (χ1v) is 6.41. The van der Waals surface area contributed by atoms with E-state index in [2.05, 4.69) is 5.32 Å². The largest absolute Gasteiger partial charge is 0.493 e. The topological polar surface area (TPSA) is 50.8 Å². The van der Waals surface area contributed by atoms with Crippen LogP contribution < -0.4 is 14.8 Å². The third-order valence-corrected chi connectivity index (χ3v) is 3.33. The Hall–Kier alpha value is -1.46. The van der Waals surface area contributed by atoms with Gasteiger partial charge in [-0.25, -0.2) is 0 Å². The number of amides is 1. The fourth-order valence-corrected chi connectivity index (χ4v) is 1.99. The molecule has 1 aliphatic heterocycles. The average Bonchev–Trinajstić information content (AvgIpc) is 2.41. The van der Waals surface area contributed by atoms with Gasteiger partial charge in [-0.1, -0.05) is 12.1 Å². The summed E-state index contributed by atoms with van der Waals surface area (Å²) in [4.78, 5) is 13.7. The van der Waals surface area contributed by atoms with Crippen LogP contribution in [0.2, 0.25) is 0 Å². The zero-order chi connectivity index (χ0) is 13.8. The number of likely N-dealkylation sites (N-methyl/N-ethyl adjacent to an activating group) is 1. The monoisotopic (exact) mass is 300 g/mol. The molecule has 1 aromatic carbocycles. The highest BCUT2D eigenvalue weighted by Crippen LogP contribution is 2.28. The zero-order valence-corrected chi connectivity index (χ0v) is 12.8. The van der Waals surface area contributed by atoms with Gasteiger partial charge in [0.15, 0.2) is 11.5 Å². The number of ether oxygens (including phenoxy) is 2. The SMILES string of the molecule is CN[C@@H](C)C(=O)N1CC(Oc2ccccc2OC)C1.Cl. The molecule has 1 heterocycles. The minimum absolute atomic E-state index is 0. The average molecular weight is 301 g/mol. The van der Waals surface area contributed by atoms with Crippen LogP contribution in [-0.4, -0.2) is 50.2 Å². The maximum Gasteiger partial charge on any atom is 0.239 e. The minimum Gasteiger partial charge on any atom is -0.493 e. The van der Waals surface area contributed by atoms with Gasteiger partial charge in [0.2, 0.25) is 5.91 Å².